The molecule has 1 aromatic carbocycles. The number of sulfonamides is 1. The highest BCUT2D eigenvalue weighted by atomic mass is 32.2. The van der Waals surface area contributed by atoms with E-state index in [-0.39, 0.29) is 16.7 Å². The van der Waals surface area contributed by atoms with Crippen LogP contribution in [-0.2, 0) is 21.4 Å². The summed E-state index contributed by atoms with van der Waals surface area (Å²) in [4.78, 5) is 12.0. The maximum Gasteiger partial charge on any atom is 0.250 e. The molecule has 3 rings (SSSR count). The molecule has 0 bridgehead atoms. The molecule has 0 saturated carbocycles. The maximum absolute atomic E-state index is 12.5. The lowest BCUT2D eigenvalue weighted by Crippen LogP contribution is -2.22. The topological polar surface area (TPSA) is 101 Å². The molecule has 0 atom stereocenters. The van der Waals surface area contributed by atoms with Crippen LogP contribution < -0.4 is 10.0 Å². The number of hydrogen-bond donors (Lipinski definition) is 2. The molecule has 0 aliphatic heterocycles. The van der Waals surface area contributed by atoms with Crippen LogP contribution in [0.5, 0.6) is 0 Å². The molecule has 7 nitrogen and oxygen atoms in total. The average Bonchev–Trinajstić information content (AvgIpc) is 3.27. The second-order valence-corrected chi connectivity index (χ2v) is 9.10. The van der Waals surface area contributed by atoms with Gasteiger partial charge < -0.3 is 9.84 Å². The van der Waals surface area contributed by atoms with Crippen LogP contribution in [0.25, 0.3) is 12.2 Å². The van der Waals surface area contributed by atoms with Gasteiger partial charge in [0.1, 0.15) is 15.6 Å². The highest BCUT2D eigenvalue weighted by molar-refractivity contribution is 7.91. The number of carbonyl (C=O) groups is 1. The van der Waals surface area contributed by atoms with Crippen molar-refractivity contribution < 1.29 is 17.7 Å². The fourth-order valence-corrected chi connectivity index (χ4v) is 4.69. The number of nitrogens with zero attached hydrogens (tertiary/aromatic N) is 1. The Balaban J connectivity index is 1.72. The van der Waals surface area contributed by atoms with E-state index in [4.69, 9.17) is 4.52 Å². The Morgan fingerprint density at radius 3 is 2.64 bits per heavy atom. The van der Waals surface area contributed by atoms with E-state index in [0.29, 0.717) is 17.1 Å². The van der Waals surface area contributed by atoms with Crippen LogP contribution in [0.15, 0.2) is 51.2 Å². The number of carbonyl (C=O) groups excluding carboxylic acids is 1. The third-order valence-electron chi connectivity index (χ3n) is 3.77. The number of aromatic nitrogens is 1. The van der Waals surface area contributed by atoms with E-state index in [2.05, 4.69) is 15.2 Å². The normalized spacial score (nSPS) is 11.8. The van der Waals surface area contributed by atoms with Crippen LogP contribution in [0.4, 0.5) is 5.69 Å². The van der Waals surface area contributed by atoms with Gasteiger partial charge >= 0.3 is 0 Å². The summed E-state index contributed by atoms with van der Waals surface area (Å²) < 4.78 is 33.0. The summed E-state index contributed by atoms with van der Waals surface area (Å²) in [5.41, 5.74) is 1.95. The first kappa shape index (κ1) is 20.0. The fraction of sp³-hybridized carbons (Fsp3) is 0.158. The van der Waals surface area contributed by atoms with Crippen molar-refractivity contribution in [3.8, 4) is 0 Å². The van der Waals surface area contributed by atoms with Crippen LogP contribution in [0.2, 0.25) is 0 Å². The van der Waals surface area contributed by atoms with Crippen molar-refractivity contribution in [1.29, 1.82) is 0 Å². The summed E-state index contributed by atoms with van der Waals surface area (Å²) in [5, 5.41) is 6.51. The highest BCUT2D eigenvalue weighted by Gasteiger charge is 2.16. The summed E-state index contributed by atoms with van der Waals surface area (Å²) in [7, 11) is -3.60. The zero-order chi connectivity index (χ0) is 20.1. The van der Waals surface area contributed by atoms with Gasteiger partial charge in [-0.3, -0.25) is 4.79 Å². The number of benzene rings is 1. The number of nitrogens with one attached hydrogen (secondary N) is 2. The molecule has 0 aliphatic carbocycles. The minimum Gasteiger partial charge on any atom is -0.354 e. The number of thiophene rings is 1. The van der Waals surface area contributed by atoms with E-state index in [9.17, 15) is 13.2 Å². The molecule has 28 heavy (non-hydrogen) atoms. The Morgan fingerprint density at radius 2 is 1.93 bits per heavy atom. The molecule has 1 amide bonds. The lowest BCUT2D eigenvalue weighted by atomic mass is 10.2. The van der Waals surface area contributed by atoms with Gasteiger partial charge in [0.05, 0.1) is 0 Å². The molecule has 2 N–H and O–H groups in total. The van der Waals surface area contributed by atoms with Gasteiger partial charge in [-0.25, -0.2) is 13.1 Å². The minimum atomic E-state index is -3.60. The van der Waals surface area contributed by atoms with Gasteiger partial charge in [-0.15, -0.1) is 11.3 Å². The van der Waals surface area contributed by atoms with Crippen molar-refractivity contribution in [3.05, 3.63) is 64.4 Å². The van der Waals surface area contributed by atoms with E-state index in [0.717, 1.165) is 21.8 Å². The van der Waals surface area contributed by atoms with Crippen molar-refractivity contribution in [2.75, 3.05) is 5.32 Å². The second-order valence-electron chi connectivity index (χ2n) is 5.99. The Labute approximate surface area is 167 Å². The largest absolute Gasteiger partial charge is 0.354 e. The third-order valence-corrected chi connectivity index (χ3v) is 6.71. The van der Waals surface area contributed by atoms with E-state index in [1.54, 1.807) is 31.2 Å². The molecule has 9 heteroatoms. The molecular formula is C19H19N3O4S2. The summed E-state index contributed by atoms with van der Waals surface area (Å²) >= 11 is 1.13. The van der Waals surface area contributed by atoms with Crippen LogP contribution >= 0.6 is 11.3 Å². The van der Waals surface area contributed by atoms with Crippen molar-refractivity contribution in [2.45, 2.75) is 24.6 Å². The lowest BCUT2D eigenvalue weighted by Gasteiger charge is -2.04. The van der Waals surface area contributed by atoms with Gasteiger partial charge in [-0.1, -0.05) is 35.5 Å². The van der Waals surface area contributed by atoms with Crippen molar-refractivity contribution >= 4 is 45.1 Å². The van der Waals surface area contributed by atoms with Gasteiger partial charge in [0, 0.05) is 18.3 Å². The van der Waals surface area contributed by atoms with Gasteiger partial charge in [-0.05, 0) is 36.8 Å². The molecule has 0 radical (unpaired) electrons. The van der Waals surface area contributed by atoms with E-state index >= 15 is 0 Å². The van der Waals surface area contributed by atoms with Crippen LogP contribution in [0.1, 0.15) is 28.8 Å². The molecule has 0 fully saturated rings. The number of hydrogen-bond acceptors (Lipinski definition) is 6. The summed E-state index contributed by atoms with van der Waals surface area (Å²) in [6.07, 6.45) is 3.36. The Morgan fingerprint density at radius 1 is 1.18 bits per heavy atom. The van der Waals surface area contributed by atoms with Crippen LogP contribution in [0.3, 0.4) is 0 Å². The average molecular weight is 418 g/mol. The molecule has 146 valence electrons. The third kappa shape index (κ3) is 4.94. The fourth-order valence-electron chi connectivity index (χ4n) is 2.40. The monoisotopic (exact) mass is 417 g/mol. The summed E-state index contributed by atoms with van der Waals surface area (Å²) in [6, 6.07) is 12.6. The first-order valence-electron chi connectivity index (χ1n) is 8.40. The number of aryl methyl sites for hydroxylation is 1. The Kier molecular flexibility index (Phi) is 6.08. The van der Waals surface area contributed by atoms with Crippen molar-refractivity contribution in [1.82, 2.24) is 9.88 Å². The molecule has 0 aliphatic rings. The van der Waals surface area contributed by atoms with Gasteiger partial charge in [0.25, 0.3) is 0 Å². The van der Waals surface area contributed by atoms with E-state index in [1.807, 2.05) is 30.3 Å². The molecule has 0 saturated heterocycles. The maximum atomic E-state index is 12.5. The molecule has 2 heterocycles. The van der Waals surface area contributed by atoms with Gasteiger partial charge in [-0.2, -0.15) is 0 Å². The second kappa shape index (κ2) is 8.51. The molecule has 2 aromatic heterocycles. The SMILES string of the molecule is CC(=O)Nc1c(C)noc1/C=C/c1ccc(S(=O)(=O)NCc2ccccc2)s1. The molecule has 0 unspecified atom stereocenters. The predicted octanol–water partition coefficient (Wildman–Crippen LogP) is 3.65. The molecule has 3 aromatic rings. The Hall–Kier alpha value is -2.75. The zero-order valence-corrected chi connectivity index (χ0v) is 16.9. The van der Waals surface area contributed by atoms with Crippen molar-refractivity contribution in [2.24, 2.45) is 0 Å². The standard InChI is InChI=1S/C19H19N3O4S2/c1-13-19(21-14(2)23)17(26-22-13)10-8-16-9-11-18(27-16)28(24,25)20-12-15-6-4-3-5-7-15/h3-11,20H,12H2,1-2H3,(H,21,23)/b10-8+. The number of amides is 1. The van der Waals surface area contributed by atoms with Gasteiger partial charge in [0.15, 0.2) is 5.76 Å². The van der Waals surface area contributed by atoms with Crippen LogP contribution in [-0.4, -0.2) is 19.5 Å². The van der Waals surface area contributed by atoms with Crippen molar-refractivity contribution in [3.63, 3.8) is 0 Å². The summed E-state index contributed by atoms with van der Waals surface area (Å²) in [6.45, 7) is 3.35. The number of anilines is 1. The lowest BCUT2D eigenvalue weighted by molar-refractivity contribution is -0.114. The highest BCUT2D eigenvalue weighted by Crippen LogP contribution is 2.26. The first-order chi connectivity index (χ1) is 13.3. The molecule has 0 spiro atoms. The minimum absolute atomic E-state index is 0.221. The predicted molar refractivity (Wildman–Crippen MR) is 109 cm³/mol. The number of rotatable bonds is 7. The summed E-state index contributed by atoms with van der Waals surface area (Å²) in [5.74, 6) is 0.169. The van der Waals surface area contributed by atoms with E-state index < -0.39 is 10.0 Å². The quantitative estimate of drug-likeness (QED) is 0.611. The first-order valence-corrected chi connectivity index (χ1v) is 10.7. The Bertz CT molecular complexity index is 1100. The molecular weight excluding hydrogens is 398 g/mol. The van der Waals surface area contributed by atoms with E-state index in [1.165, 1.54) is 6.92 Å². The van der Waals surface area contributed by atoms with Crippen LogP contribution in [0, 0.1) is 6.92 Å². The smallest absolute Gasteiger partial charge is 0.250 e. The van der Waals surface area contributed by atoms with Gasteiger partial charge in [0.2, 0.25) is 15.9 Å². The zero-order valence-electron chi connectivity index (χ0n) is 15.3.